The van der Waals surface area contributed by atoms with E-state index in [2.05, 4.69) is 31.3 Å². The van der Waals surface area contributed by atoms with Gasteiger partial charge in [-0.25, -0.2) is 4.52 Å². The molecule has 15 heavy (non-hydrogen) atoms. The smallest absolute Gasteiger partial charge is 0.243 e. The SMILES string of the molecule is CC(C)Nc1nc(Cl)nn2ccc(Br)c12. The number of aromatic nitrogens is 3. The van der Waals surface area contributed by atoms with E-state index in [9.17, 15) is 0 Å². The van der Waals surface area contributed by atoms with Crippen molar-refractivity contribution in [2.75, 3.05) is 5.32 Å². The van der Waals surface area contributed by atoms with Crippen LogP contribution in [-0.4, -0.2) is 20.6 Å². The van der Waals surface area contributed by atoms with Crippen LogP contribution in [-0.2, 0) is 0 Å². The van der Waals surface area contributed by atoms with E-state index in [4.69, 9.17) is 11.6 Å². The monoisotopic (exact) mass is 288 g/mol. The summed E-state index contributed by atoms with van der Waals surface area (Å²) in [7, 11) is 0. The Kier molecular flexibility index (Phi) is 2.84. The fourth-order valence-corrected chi connectivity index (χ4v) is 1.99. The second-order valence-corrected chi connectivity index (χ2v) is 4.68. The molecule has 0 radical (unpaired) electrons. The van der Waals surface area contributed by atoms with Crippen molar-refractivity contribution in [2.45, 2.75) is 19.9 Å². The summed E-state index contributed by atoms with van der Waals surface area (Å²) in [6.45, 7) is 4.09. The third-order valence-electron chi connectivity index (χ3n) is 1.86. The third-order valence-corrected chi connectivity index (χ3v) is 2.66. The molecule has 0 saturated heterocycles. The lowest BCUT2D eigenvalue weighted by Crippen LogP contribution is -2.13. The molecule has 0 atom stereocenters. The fraction of sp³-hybridized carbons (Fsp3) is 0.333. The topological polar surface area (TPSA) is 42.2 Å². The molecule has 0 aromatic carbocycles. The van der Waals surface area contributed by atoms with E-state index in [0.29, 0.717) is 6.04 Å². The number of halogens is 2. The van der Waals surface area contributed by atoms with E-state index in [1.54, 1.807) is 4.52 Å². The van der Waals surface area contributed by atoms with Crippen molar-refractivity contribution < 1.29 is 0 Å². The molecule has 0 aliphatic heterocycles. The van der Waals surface area contributed by atoms with E-state index in [1.807, 2.05) is 26.1 Å². The molecule has 2 rings (SSSR count). The zero-order valence-electron chi connectivity index (χ0n) is 8.33. The molecule has 6 heteroatoms. The summed E-state index contributed by atoms with van der Waals surface area (Å²) in [5.41, 5.74) is 0.896. The van der Waals surface area contributed by atoms with Gasteiger partial charge in [-0.1, -0.05) is 0 Å². The van der Waals surface area contributed by atoms with Gasteiger partial charge in [-0.3, -0.25) is 0 Å². The molecular formula is C9H10BrClN4. The van der Waals surface area contributed by atoms with Gasteiger partial charge in [0.1, 0.15) is 5.52 Å². The summed E-state index contributed by atoms with van der Waals surface area (Å²) in [6.07, 6.45) is 1.83. The van der Waals surface area contributed by atoms with Gasteiger partial charge in [-0.05, 0) is 47.4 Å². The highest BCUT2D eigenvalue weighted by atomic mass is 79.9. The van der Waals surface area contributed by atoms with Crippen molar-refractivity contribution in [3.05, 3.63) is 22.0 Å². The van der Waals surface area contributed by atoms with E-state index in [-0.39, 0.29) is 5.28 Å². The first-order valence-electron chi connectivity index (χ1n) is 4.55. The summed E-state index contributed by atoms with van der Waals surface area (Å²) in [5.74, 6) is 0.738. The zero-order chi connectivity index (χ0) is 11.0. The minimum absolute atomic E-state index is 0.230. The Bertz CT molecular complexity index is 494. The molecule has 0 spiro atoms. The van der Waals surface area contributed by atoms with Crippen LogP contribution >= 0.6 is 27.5 Å². The second-order valence-electron chi connectivity index (χ2n) is 3.49. The second kappa shape index (κ2) is 3.98. The number of nitrogens with one attached hydrogen (secondary N) is 1. The van der Waals surface area contributed by atoms with Crippen molar-refractivity contribution in [1.82, 2.24) is 14.6 Å². The van der Waals surface area contributed by atoms with Crippen LogP contribution in [0.25, 0.3) is 5.52 Å². The molecule has 0 aliphatic rings. The normalized spacial score (nSPS) is 11.3. The van der Waals surface area contributed by atoms with E-state index in [1.165, 1.54) is 0 Å². The van der Waals surface area contributed by atoms with Crippen molar-refractivity contribution in [3.63, 3.8) is 0 Å². The molecule has 2 aromatic rings. The molecular weight excluding hydrogens is 279 g/mol. The summed E-state index contributed by atoms with van der Waals surface area (Å²) < 4.78 is 2.65. The first-order chi connectivity index (χ1) is 7.08. The Balaban J connectivity index is 2.63. The average molecular weight is 290 g/mol. The van der Waals surface area contributed by atoms with Gasteiger partial charge < -0.3 is 5.32 Å². The first kappa shape index (κ1) is 10.7. The van der Waals surface area contributed by atoms with Gasteiger partial charge in [-0.15, -0.1) is 5.10 Å². The maximum absolute atomic E-state index is 5.82. The number of rotatable bonds is 2. The summed E-state index contributed by atoms with van der Waals surface area (Å²) in [5, 5.41) is 7.52. The van der Waals surface area contributed by atoms with E-state index < -0.39 is 0 Å². The Morgan fingerprint density at radius 2 is 2.27 bits per heavy atom. The molecule has 0 unspecified atom stereocenters. The Morgan fingerprint density at radius 1 is 1.53 bits per heavy atom. The number of nitrogens with zero attached hydrogens (tertiary/aromatic N) is 3. The van der Waals surface area contributed by atoms with Crippen molar-refractivity contribution in [1.29, 1.82) is 0 Å². The highest BCUT2D eigenvalue weighted by Crippen LogP contribution is 2.25. The van der Waals surface area contributed by atoms with Gasteiger partial charge >= 0.3 is 0 Å². The van der Waals surface area contributed by atoms with Gasteiger partial charge in [0.05, 0.1) is 0 Å². The van der Waals surface area contributed by atoms with Gasteiger partial charge in [0.2, 0.25) is 5.28 Å². The van der Waals surface area contributed by atoms with Crippen molar-refractivity contribution in [2.24, 2.45) is 0 Å². The lowest BCUT2D eigenvalue weighted by atomic mass is 10.4. The molecule has 1 N–H and O–H groups in total. The van der Waals surface area contributed by atoms with Crippen molar-refractivity contribution in [3.8, 4) is 0 Å². The van der Waals surface area contributed by atoms with Crippen molar-refractivity contribution >= 4 is 38.9 Å². The van der Waals surface area contributed by atoms with E-state index in [0.717, 1.165) is 15.8 Å². The molecule has 4 nitrogen and oxygen atoms in total. The van der Waals surface area contributed by atoms with Crippen LogP contribution in [0, 0.1) is 0 Å². The summed E-state index contributed by atoms with van der Waals surface area (Å²) in [4.78, 5) is 4.17. The number of anilines is 1. The molecule has 2 heterocycles. The fourth-order valence-electron chi connectivity index (χ4n) is 1.33. The van der Waals surface area contributed by atoms with Crippen LogP contribution in [0.5, 0.6) is 0 Å². The van der Waals surface area contributed by atoms with E-state index >= 15 is 0 Å². The average Bonchev–Trinajstić information content (AvgIpc) is 2.46. The molecule has 0 bridgehead atoms. The minimum atomic E-state index is 0.230. The highest BCUT2D eigenvalue weighted by molar-refractivity contribution is 9.10. The minimum Gasteiger partial charge on any atom is -0.366 e. The quantitative estimate of drug-likeness (QED) is 0.924. The van der Waals surface area contributed by atoms with Crippen LogP contribution in [0.1, 0.15) is 13.8 Å². The van der Waals surface area contributed by atoms with Crippen LogP contribution in [0.15, 0.2) is 16.7 Å². The lowest BCUT2D eigenvalue weighted by Gasteiger charge is -2.10. The molecule has 0 aliphatic carbocycles. The predicted octanol–water partition coefficient (Wildman–Crippen LogP) is 2.97. The van der Waals surface area contributed by atoms with Gasteiger partial charge in [0, 0.05) is 16.7 Å². The molecule has 2 aromatic heterocycles. The Hall–Kier alpha value is -0.810. The number of hydrogen-bond acceptors (Lipinski definition) is 3. The molecule has 80 valence electrons. The zero-order valence-corrected chi connectivity index (χ0v) is 10.7. The Labute approximate surface area is 101 Å². The van der Waals surface area contributed by atoms with Crippen LogP contribution in [0.4, 0.5) is 5.82 Å². The number of fused-ring (bicyclic) bond motifs is 1. The highest BCUT2D eigenvalue weighted by Gasteiger charge is 2.10. The summed E-state index contributed by atoms with van der Waals surface area (Å²) >= 11 is 9.27. The van der Waals surface area contributed by atoms with Crippen LogP contribution < -0.4 is 5.32 Å². The Morgan fingerprint density at radius 3 is 2.93 bits per heavy atom. The molecule has 0 amide bonds. The maximum Gasteiger partial charge on any atom is 0.243 e. The summed E-state index contributed by atoms with van der Waals surface area (Å²) in [6, 6.07) is 2.20. The third kappa shape index (κ3) is 2.08. The van der Waals surface area contributed by atoms with Crippen LogP contribution in [0.2, 0.25) is 5.28 Å². The maximum atomic E-state index is 5.82. The van der Waals surface area contributed by atoms with Crippen LogP contribution in [0.3, 0.4) is 0 Å². The first-order valence-corrected chi connectivity index (χ1v) is 5.72. The largest absolute Gasteiger partial charge is 0.366 e. The van der Waals surface area contributed by atoms with Gasteiger partial charge in [0.15, 0.2) is 5.82 Å². The molecule has 0 fully saturated rings. The standard InChI is InChI=1S/C9H10BrClN4/c1-5(2)12-8-7-6(10)3-4-15(7)14-9(11)13-8/h3-5H,1-2H3,(H,12,13,14). The van der Waals surface area contributed by atoms with Gasteiger partial charge in [-0.2, -0.15) is 4.98 Å². The predicted molar refractivity (Wildman–Crippen MR) is 64.5 cm³/mol. The lowest BCUT2D eigenvalue weighted by molar-refractivity contribution is 0.860. The number of hydrogen-bond donors (Lipinski definition) is 1. The molecule has 0 saturated carbocycles. The van der Waals surface area contributed by atoms with Gasteiger partial charge in [0.25, 0.3) is 0 Å².